The van der Waals surface area contributed by atoms with E-state index in [4.69, 9.17) is 5.73 Å². The second-order valence-electron chi connectivity index (χ2n) is 6.50. The second-order valence-corrected chi connectivity index (χ2v) is 6.50. The summed E-state index contributed by atoms with van der Waals surface area (Å²) < 4.78 is 38.7. The lowest BCUT2D eigenvalue weighted by Crippen LogP contribution is -2.10. The Morgan fingerprint density at radius 3 is 2.59 bits per heavy atom. The summed E-state index contributed by atoms with van der Waals surface area (Å²) in [7, 11) is 0. The number of rotatable bonds is 4. The van der Waals surface area contributed by atoms with E-state index in [1.807, 2.05) is 0 Å². The summed E-state index contributed by atoms with van der Waals surface area (Å²) >= 11 is 0. The van der Waals surface area contributed by atoms with Crippen LogP contribution in [0.2, 0.25) is 0 Å². The molecule has 29 heavy (non-hydrogen) atoms. The number of nitriles is 1. The molecule has 3 heterocycles. The molecule has 1 aliphatic rings. The van der Waals surface area contributed by atoms with Crippen LogP contribution in [0.4, 0.5) is 30.8 Å². The molecule has 1 saturated carbocycles. The van der Waals surface area contributed by atoms with Gasteiger partial charge in [-0.15, -0.1) is 0 Å². The van der Waals surface area contributed by atoms with E-state index in [-0.39, 0.29) is 23.4 Å². The van der Waals surface area contributed by atoms with Crippen LogP contribution < -0.4 is 11.1 Å². The number of nitrogen functional groups attached to an aromatic ring is 1. The summed E-state index contributed by atoms with van der Waals surface area (Å²) in [6, 6.07) is 9.04. The summed E-state index contributed by atoms with van der Waals surface area (Å²) in [6.07, 6.45) is -1.56. The monoisotopic (exact) mass is 398 g/mol. The van der Waals surface area contributed by atoms with Gasteiger partial charge in [-0.2, -0.15) is 33.4 Å². The zero-order valence-electron chi connectivity index (χ0n) is 14.8. The van der Waals surface area contributed by atoms with Crippen molar-refractivity contribution >= 4 is 17.6 Å². The van der Waals surface area contributed by atoms with Gasteiger partial charge in [-0.1, -0.05) is 6.07 Å². The molecule has 11 heteroatoms. The molecule has 4 rings (SSSR count). The second kappa shape index (κ2) is 6.66. The number of hydrogen-bond donors (Lipinski definition) is 2. The van der Waals surface area contributed by atoms with Crippen LogP contribution in [-0.4, -0.2) is 24.9 Å². The maximum absolute atomic E-state index is 12.9. The molecule has 0 unspecified atom stereocenters. The van der Waals surface area contributed by atoms with Gasteiger partial charge >= 0.3 is 6.18 Å². The Morgan fingerprint density at radius 2 is 1.90 bits per heavy atom. The van der Waals surface area contributed by atoms with Gasteiger partial charge in [-0.05, 0) is 37.1 Å². The third-order valence-corrected chi connectivity index (χ3v) is 4.39. The SMILES string of the molecule is N#CC1(c2cc(Nc3nc(N)nc(-c4cccc(C(F)(F)F)n4)n3)ccn2)CC1. The van der Waals surface area contributed by atoms with Crippen LogP contribution in [-0.2, 0) is 11.6 Å². The molecule has 146 valence electrons. The van der Waals surface area contributed by atoms with E-state index in [9.17, 15) is 18.4 Å². The van der Waals surface area contributed by atoms with E-state index in [2.05, 4.69) is 36.3 Å². The Hall–Kier alpha value is -3.81. The number of nitrogens with one attached hydrogen (secondary N) is 1. The lowest BCUT2D eigenvalue weighted by Gasteiger charge is -2.10. The minimum absolute atomic E-state index is 0.0330. The van der Waals surface area contributed by atoms with Crippen molar-refractivity contribution in [3.8, 4) is 17.6 Å². The molecule has 0 saturated heterocycles. The number of hydrogen-bond acceptors (Lipinski definition) is 8. The molecule has 0 aliphatic heterocycles. The van der Waals surface area contributed by atoms with Gasteiger partial charge in [0.15, 0.2) is 5.82 Å². The fourth-order valence-electron chi connectivity index (χ4n) is 2.73. The lowest BCUT2D eigenvalue weighted by molar-refractivity contribution is -0.141. The number of pyridine rings is 2. The maximum atomic E-state index is 12.9. The topological polar surface area (TPSA) is 126 Å². The maximum Gasteiger partial charge on any atom is 0.433 e. The lowest BCUT2D eigenvalue weighted by atomic mass is 10.0. The third-order valence-electron chi connectivity index (χ3n) is 4.39. The number of halogens is 3. The molecular weight excluding hydrogens is 385 g/mol. The molecule has 0 amide bonds. The molecule has 0 bridgehead atoms. The predicted octanol–water partition coefficient (Wildman–Crippen LogP) is 3.23. The minimum atomic E-state index is -4.59. The van der Waals surface area contributed by atoms with Crippen molar-refractivity contribution in [3.05, 3.63) is 47.9 Å². The molecule has 0 atom stereocenters. The Labute approximate surface area is 162 Å². The number of alkyl halides is 3. The smallest absolute Gasteiger partial charge is 0.368 e. The molecule has 1 fully saturated rings. The van der Waals surface area contributed by atoms with Crippen LogP contribution in [0.25, 0.3) is 11.5 Å². The van der Waals surface area contributed by atoms with Crippen molar-refractivity contribution in [2.75, 3.05) is 11.1 Å². The van der Waals surface area contributed by atoms with E-state index in [0.29, 0.717) is 11.4 Å². The first-order valence-electron chi connectivity index (χ1n) is 8.50. The first-order valence-corrected chi connectivity index (χ1v) is 8.50. The van der Waals surface area contributed by atoms with Crippen LogP contribution in [0.1, 0.15) is 24.2 Å². The van der Waals surface area contributed by atoms with Crippen LogP contribution in [0, 0.1) is 11.3 Å². The fourth-order valence-corrected chi connectivity index (χ4v) is 2.73. The van der Waals surface area contributed by atoms with E-state index in [0.717, 1.165) is 18.9 Å². The van der Waals surface area contributed by atoms with E-state index in [1.165, 1.54) is 12.1 Å². The molecule has 3 aromatic rings. The molecular formula is C18H13F3N8. The molecule has 0 spiro atoms. The molecule has 3 aromatic heterocycles. The van der Waals surface area contributed by atoms with Gasteiger partial charge in [0.1, 0.15) is 11.4 Å². The van der Waals surface area contributed by atoms with Crippen LogP contribution in [0.5, 0.6) is 0 Å². The summed E-state index contributed by atoms with van der Waals surface area (Å²) in [5.74, 6) is -0.247. The zero-order chi connectivity index (χ0) is 20.6. The van der Waals surface area contributed by atoms with Gasteiger partial charge in [0.25, 0.3) is 0 Å². The third kappa shape index (κ3) is 3.77. The van der Waals surface area contributed by atoms with Crippen molar-refractivity contribution in [1.29, 1.82) is 5.26 Å². The largest absolute Gasteiger partial charge is 0.433 e. The van der Waals surface area contributed by atoms with Crippen LogP contribution in [0.15, 0.2) is 36.5 Å². The zero-order valence-corrected chi connectivity index (χ0v) is 14.8. The van der Waals surface area contributed by atoms with Gasteiger partial charge in [0.2, 0.25) is 11.9 Å². The standard InChI is InChI=1S/C18H13F3N8/c19-18(20,21)12-3-1-2-11(26-12)14-27-15(23)29-16(28-14)25-10-4-7-24-13(8-10)17(9-22)5-6-17/h1-4,7-8H,5-6H2,(H3,23,24,25,27,28,29). The average molecular weight is 398 g/mol. The first-order chi connectivity index (χ1) is 13.8. The Bertz CT molecular complexity index is 1120. The van der Waals surface area contributed by atoms with Crippen molar-refractivity contribution in [2.45, 2.75) is 24.4 Å². The fraction of sp³-hybridized carbons (Fsp3) is 0.222. The summed E-state index contributed by atoms with van der Waals surface area (Å²) in [5, 5.41) is 12.2. The van der Waals surface area contributed by atoms with Crippen molar-refractivity contribution in [1.82, 2.24) is 24.9 Å². The van der Waals surface area contributed by atoms with Gasteiger partial charge in [0, 0.05) is 11.9 Å². The quantitative estimate of drug-likeness (QED) is 0.686. The predicted molar refractivity (Wildman–Crippen MR) is 96.5 cm³/mol. The molecule has 8 nitrogen and oxygen atoms in total. The molecule has 0 radical (unpaired) electrons. The number of nitrogens with zero attached hydrogens (tertiary/aromatic N) is 6. The summed E-state index contributed by atoms with van der Waals surface area (Å²) in [6.45, 7) is 0. The highest BCUT2D eigenvalue weighted by Gasteiger charge is 2.46. The molecule has 1 aliphatic carbocycles. The van der Waals surface area contributed by atoms with Crippen molar-refractivity contribution < 1.29 is 13.2 Å². The molecule has 3 N–H and O–H groups in total. The Balaban J connectivity index is 1.65. The van der Waals surface area contributed by atoms with Gasteiger partial charge in [-0.25, -0.2) is 4.98 Å². The number of aromatic nitrogens is 5. The van der Waals surface area contributed by atoms with Gasteiger partial charge < -0.3 is 11.1 Å². The highest BCUT2D eigenvalue weighted by Crippen LogP contribution is 2.47. The van der Waals surface area contributed by atoms with Gasteiger partial charge in [0.05, 0.1) is 17.2 Å². The summed E-state index contributed by atoms with van der Waals surface area (Å²) in [4.78, 5) is 19.8. The number of anilines is 3. The van der Waals surface area contributed by atoms with E-state index < -0.39 is 17.3 Å². The highest BCUT2D eigenvalue weighted by molar-refractivity contribution is 5.59. The van der Waals surface area contributed by atoms with Gasteiger partial charge in [-0.3, -0.25) is 4.98 Å². The van der Waals surface area contributed by atoms with Crippen molar-refractivity contribution in [2.24, 2.45) is 0 Å². The van der Waals surface area contributed by atoms with E-state index >= 15 is 0 Å². The van der Waals surface area contributed by atoms with E-state index in [1.54, 1.807) is 18.3 Å². The van der Waals surface area contributed by atoms with Crippen LogP contribution >= 0.6 is 0 Å². The Kier molecular flexibility index (Phi) is 4.26. The summed E-state index contributed by atoms with van der Waals surface area (Å²) in [5.41, 5.74) is 5.17. The minimum Gasteiger partial charge on any atom is -0.368 e. The Morgan fingerprint density at radius 1 is 1.10 bits per heavy atom. The normalized spacial score (nSPS) is 14.8. The van der Waals surface area contributed by atoms with Crippen molar-refractivity contribution in [3.63, 3.8) is 0 Å². The molecule has 0 aromatic carbocycles. The average Bonchev–Trinajstić information content (AvgIpc) is 3.49. The van der Waals surface area contributed by atoms with Crippen LogP contribution in [0.3, 0.4) is 0 Å². The highest BCUT2D eigenvalue weighted by atomic mass is 19.4. The number of nitrogens with two attached hydrogens (primary N) is 1. The first kappa shape index (κ1) is 18.5.